The fourth-order valence-corrected chi connectivity index (χ4v) is 1.75. The highest BCUT2D eigenvalue weighted by atomic mass is 35.5. The van der Waals surface area contributed by atoms with Crippen LogP contribution >= 0.6 is 11.6 Å². The highest BCUT2D eigenvalue weighted by Gasteiger charge is 2.08. The third-order valence-electron chi connectivity index (χ3n) is 2.56. The third-order valence-corrected chi connectivity index (χ3v) is 2.77. The molecular formula is C12H15ClN4O2. The van der Waals surface area contributed by atoms with Crippen LogP contribution in [-0.2, 0) is 17.8 Å². The lowest BCUT2D eigenvalue weighted by molar-refractivity contribution is 0.0946. The van der Waals surface area contributed by atoms with Gasteiger partial charge in [0.25, 0.3) is 5.91 Å². The number of rotatable bonds is 6. The van der Waals surface area contributed by atoms with Crippen molar-refractivity contribution < 1.29 is 9.53 Å². The summed E-state index contributed by atoms with van der Waals surface area (Å²) in [6.45, 7) is 1.72. The molecule has 2 aromatic rings. The van der Waals surface area contributed by atoms with Crippen LogP contribution in [0.15, 0.2) is 24.7 Å². The average molecular weight is 283 g/mol. The number of amides is 1. The van der Waals surface area contributed by atoms with Crippen LogP contribution in [0.4, 0.5) is 0 Å². The van der Waals surface area contributed by atoms with E-state index in [4.69, 9.17) is 16.3 Å². The van der Waals surface area contributed by atoms with Gasteiger partial charge in [-0.1, -0.05) is 11.6 Å². The van der Waals surface area contributed by atoms with Crippen LogP contribution in [0.3, 0.4) is 0 Å². The number of carbonyl (C=O) groups excluding carboxylic acids is 1. The number of hydrogen-bond donors (Lipinski definition) is 2. The molecule has 1 amide bonds. The van der Waals surface area contributed by atoms with Gasteiger partial charge in [0.2, 0.25) is 0 Å². The maximum atomic E-state index is 11.8. The summed E-state index contributed by atoms with van der Waals surface area (Å²) in [6.07, 6.45) is 5.16. The molecule has 0 atom stereocenters. The van der Waals surface area contributed by atoms with Crippen LogP contribution in [0.2, 0.25) is 5.02 Å². The van der Waals surface area contributed by atoms with E-state index >= 15 is 0 Å². The molecule has 6 nitrogen and oxygen atoms in total. The van der Waals surface area contributed by atoms with E-state index < -0.39 is 0 Å². The molecule has 0 aromatic carbocycles. The molecule has 2 heterocycles. The lowest BCUT2D eigenvalue weighted by Crippen LogP contribution is -2.22. The van der Waals surface area contributed by atoms with Crippen LogP contribution in [0.25, 0.3) is 0 Å². The standard InChI is InChI=1S/C12H15ClN4O2/c1-19-3-2-17-8-9(6-16-17)5-15-12(18)11-4-10(13)7-14-11/h4,6-8,14H,2-3,5H2,1H3,(H,15,18). The number of methoxy groups -OCH3 is 1. The molecule has 2 rings (SSSR count). The predicted octanol–water partition coefficient (Wildman–Crippen LogP) is 1.44. The van der Waals surface area contributed by atoms with Gasteiger partial charge >= 0.3 is 0 Å². The Bertz CT molecular complexity index is 549. The molecule has 0 aliphatic carbocycles. The number of nitrogens with zero attached hydrogens (tertiary/aromatic N) is 2. The first-order chi connectivity index (χ1) is 9.19. The number of H-pyrrole nitrogens is 1. The summed E-state index contributed by atoms with van der Waals surface area (Å²) >= 11 is 5.74. The summed E-state index contributed by atoms with van der Waals surface area (Å²) in [7, 11) is 1.64. The summed E-state index contributed by atoms with van der Waals surface area (Å²) in [5, 5.41) is 7.46. The van der Waals surface area contributed by atoms with E-state index in [1.54, 1.807) is 30.3 Å². The van der Waals surface area contributed by atoms with Crippen LogP contribution in [0, 0.1) is 0 Å². The maximum Gasteiger partial charge on any atom is 0.268 e. The van der Waals surface area contributed by atoms with Crippen molar-refractivity contribution in [2.75, 3.05) is 13.7 Å². The van der Waals surface area contributed by atoms with Gasteiger partial charge < -0.3 is 15.0 Å². The molecule has 0 unspecified atom stereocenters. The number of aromatic nitrogens is 3. The lowest BCUT2D eigenvalue weighted by Gasteiger charge is -2.01. The monoisotopic (exact) mass is 282 g/mol. The van der Waals surface area contributed by atoms with Gasteiger partial charge in [-0.25, -0.2) is 0 Å². The molecule has 0 aliphatic heterocycles. The first kappa shape index (κ1) is 13.6. The van der Waals surface area contributed by atoms with Gasteiger partial charge in [0.15, 0.2) is 0 Å². The Morgan fingerprint density at radius 2 is 2.47 bits per heavy atom. The normalized spacial score (nSPS) is 10.6. The number of aromatic amines is 1. The summed E-state index contributed by atoms with van der Waals surface area (Å²) in [4.78, 5) is 14.6. The Morgan fingerprint density at radius 3 is 3.16 bits per heavy atom. The van der Waals surface area contributed by atoms with Gasteiger partial charge in [-0.3, -0.25) is 9.48 Å². The maximum absolute atomic E-state index is 11.8. The largest absolute Gasteiger partial charge is 0.383 e. The van der Waals surface area contributed by atoms with Crippen LogP contribution in [-0.4, -0.2) is 34.4 Å². The van der Waals surface area contributed by atoms with E-state index in [2.05, 4.69) is 15.4 Å². The molecule has 19 heavy (non-hydrogen) atoms. The van der Waals surface area contributed by atoms with Crippen molar-refractivity contribution in [2.24, 2.45) is 0 Å². The number of hydrogen-bond acceptors (Lipinski definition) is 3. The van der Waals surface area contributed by atoms with Crippen molar-refractivity contribution >= 4 is 17.5 Å². The number of halogens is 1. The second-order valence-electron chi connectivity index (χ2n) is 4.02. The summed E-state index contributed by atoms with van der Waals surface area (Å²) in [5.74, 6) is -0.198. The van der Waals surface area contributed by atoms with E-state index in [9.17, 15) is 4.79 Å². The zero-order valence-corrected chi connectivity index (χ0v) is 11.3. The average Bonchev–Trinajstić information content (AvgIpc) is 3.02. The minimum Gasteiger partial charge on any atom is -0.383 e. The second-order valence-corrected chi connectivity index (χ2v) is 4.46. The van der Waals surface area contributed by atoms with Crippen molar-refractivity contribution in [1.82, 2.24) is 20.1 Å². The highest BCUT2D eigenvalue weighted by molar-refractivity contribution is 6.30. The van der Waals surface area contributed by atoms with Crippen molar-refractivity contribution in [3.05, 3.63) is 40.9 Å². The summed E-state index contributed by atoms with van der Waals surface area (Å²) in [6, 6.07) is 1.58. The number of carbonyl (C=O) groups is 1. The van der Waals surface area contributed by atoms with Crippen LogP contribution in [0.1, 0.15) is 16.1 Å². The van der Waals surface area contributed by atoms with Crippen molar-refractivity contribution in [3.8, 4) is 0 Å². The van der Waals surface area contributed by atoms with Gasteiger partial charge in [-0.2, -0.15) is 5.10 Å². The Hall–Kier alpha value is -1.79. The van der Waals surface area contributed by atoms with Gasteiger partial charge in [0, 0.05) is 31.6 Å². The molecule has 102 valence electrons. The molecular weight excluding hydrogens is 268 g/mol. The quantitative estimate of drug-likeness (QED) is 0.842. The summed E-state index contributed by atoms with van der Waals surface area (Å²) in [5.41, 5.74) is 1.37. The van der Waals surface area contributed by atoms with Gasteiger partial charge in [-0.05, 0) is 6.07 Å². The van der Waals surface area contributed by atoms with Crippen LogP contribution in [0.5, 0.6) is 0 Å². The molecule has 7 heteroatoms. The molecule has 0 saturated carbocycles. The summed E-state index contributed by atoms with van der Waals surface area (Å²) < 4.78 is 6.74. The molecule has 0 saturated heterocycles. The van der Waals surface area contributed by atoms with Crippen LogP contribution < -0.4 is 5.32 Å². The minimum atomic E-state index is -0.198. The van der Waals surface area contributed by atoms with E-state index in [0.29, 0.717) is 30.4 Å². The van der Waals surface area contributed by atoms with Crippen molar-refractivity contribution in [3.63, 3.8) is 0 Å². The molecule has 0 fully saturated rings. The predicted molar refractivity (Wildman–Crippen MR) is 71.1 cm³/mol. The molecule has 2 N–H and O–H groups in total. The van der Waals surface area contributed by atoms with E-state index in [0.717, 1.165) is 5.56 Å². The van der Waals surface area contributed by atoms with Crippen molar-refractivity contribution in [2.45, 2.75) is 13.1 Å². The smallest absolute Gasteiger partial charge is 0.268 e. The van der Waals surface area contributed by atoms with Gasteiger partial charge in [0.1, 0.15) is 5.69 Å². The molecule has 0 spiro atoms. The highest BCUT2D eigenvalue weighted by Crippen LogP contribution is 2.09. The lowest BCUT2D eigenvalue weighted by atomic mass is 10.3. The first-order valence-electron chi connectivity index (χ1n) is 5.81. The Morgan fingerprint density at radius 1 is 1.63 bits per heavy atom. The van der Waals surface area contributed by atoms with E-state index in [-0.39, 0.29) is 5.91 Å². The Labute approximate surface area is 115 Å². The van der Waals surface area contributed by atoms with Gasteiger partial charge in [0.05, 0.1) is 24.4 Å². The van der Waals surface area contributed by atoms with E-state index in [1.165, 1.54) is 0 Å². The second kappa shape index (κ2) is 6.40. The fraction of sp³-hybridized carbons (Fsp3) is 0.333. The third kappa shape index (κ3) is 3.84. The molecule has 0 radical (unpaired) electrons. The van der Waals surface area contributed by atoms with E-state index in [1.807, 2.05) is 6.20 Å². The molecule has 2 aromatic heterocycles. The minimum absolute atomic E-state index is 0.198. The Kier molecular flexibility index (Phi) is 4.59. The zero-order chi connectivity index (χ0) is 13.7. The zero-order valence-electron chi connectivity index (χ0n) is 10.5. The number of ether oxygens (including phenoxy) is 1. The van der Waals surface area contributed by atoms with Crippen molar-refractivity contribution in [1.29, 1.82) is 0 Å². The molecule has 0 aliphatic rings. The van der Waals surface area contributed by atoms with Gasteiger partial charge in [-0.15, -0.1) is 0 Å². The SMILES string of the molecule is COCCn1cc(CNC(=O)c2cc(Cl)c[nH]2)cn1. The Balaban J connectivity index is 1.85. The topological polar surface area (TPSA) is 71.9 Å². The molecule has 0 bridgehead atoms. The number of nitrogens with one attached hydrogen (secondary N) is 2. The fourth-order valence-electron chi connectivity index (χ4n) is 1.58. The first-order valence-corrected chi connectivity index (χ1v) is 6.19.